The summed E-state index contributed by atoms with van der Waals surface area (Å²) < 4.78 is 0. The van der Waals surface area contributed by atoms with Crippen LogP contribution in [-0.4, -0.2) is 24.0 Å². The second-order valence-electron chi connectivity index (χ2n) is 4.86. The number of hydrogen-bond donors (Lipinski definition) is 1. The van der Waals surface area contributed by atoms with Crippen molar-refractivity contribution in [2.24, 2.45) is 5.41 Å². The summed E-state index contributed by atoms with van der Waals surface area (Å²) in [4.78, 5) is 12.2. The van der Waals surface area contributed by atoms with Gasteiger partial charge >= 0.3 is 0 Å². The zero-order valence-corrected chi connectivity index (χ0v) is 11.6. The van der Waals surface area contributed by atoms with E-state index in [0.29, 0.717) is 11.8 Å². The van der Waals surface area contributed by atoms with Gasteiger partial charge in [-0.2, -0.15) is 17.0 Å². The third kappa shape index (κ3) is 3.92. The largest absolute Gasteiger partial charge is 0.354 e. The molecule has 1 aliphatic carbocycles. The summed E-state index contributed by atoms with van der Waals surface area (Å²) in [5, 5.41) is 12.7. The number of carbonyl (C=O) groups excluding carboxylic acids is 1. The van der Waals surface area contributed by atoms with Crippen molar-refractivity contribution in [3.8, 4) is 6.07 Å². The first kappa shape index (κ1) is 14.4. The maximum Gasteiger partial charge on any atom is 0.240 e. The van der Waals surface area contributed by atoms with Gasteiger partial charge in [0.2, 0.25) is 5.91 Å². The molecular formula is C13H22N2OS. The minimum absolute atomic E-state index is 0.0530. The Morgan fingerprint density at radius 2 is 2.00 bits per heavy atom. The zero-order valence-electron chi connectivity index (χ0n) is 10.8. The lowest BCUT2D eigenvalue weighted by molar-refractivity contribution is -0.128. The highest BCUT2D eigenvalue weighted by molar-refractivity contribution is 7.99. The van der Waals surface area contributed by atoms with Crippen molar-refractivity contribution in [3.05, 3.63) is 0 Å². The van der Waals surface area contributed by atoms with Gasteiger partial charge < -0.3 is 5.32 Å². The molecule has 0 bridgehead atoms. The van der Waals surface area contributed by atoms with E-state index in [1.54, 1.807) is 11.8 Å². The second kappa shape index (κ2) is 6.90. The fraction of sp³-hybridized carbons (Fsp3) is 0.846. The van der Waals surface area contributed by atoms with Crippen LogP contribution in [0, 0.1) is 16.7 Å². The molecule has 96 valence electrons. The van der Waals surface area contributed by atoms with Crippen LogP contribution in [0.5, 0.6) is 0 Å². The third-order valence-electron chi connectivity index (χ3n) is 3.56. The van der Waals surface area contributed by atoms with E-state index in [1.807, 2.05) is 6.26 Å². The molecule has 0 aromatic rings. The van der Waals surface area contributed by atoms with Gasteiger partial charge in [-0.1, -0.05) is 32.6 Å². The maximum atomic E-state index is 12.2. The summed E-state index contributed by atoms with van der Waals surface area (Å²) in [6, 6.07) is 2.28. The number of rotatable bonds is 4. The van der Waals surface area contributed by atoms with Crippen molar-refractivity contribution in [2.45, 2.75) is 50.7 Å². The predicted octanol–water partition coefficient (Wildman–Crippen LogP) is 2.72. The summed E-state index contributed by atoms with van der Waals surface area (Å²) in [6.45, 7) is 2.74. The topological polar surface area (TPSA) is 52.9 Å². The average molecular weight is 254 g/mol. The second-order valence-corrected chi connectivity index (χ2v) is 6.14. The number of nitriles is 1. The molecular weight excluding hydrogens is 232 g/mol. The number of thioether (sulfide) groups is 1. The summed E-state index contributed by atoms with van der Waals surface area (Å²) in [6.07, 6.45) is 7.78. The van der Waals surface area contributed by atoms with E-state index in [0.717, 1.165) is 38.5 Å². The van der Waals surface area contributed by atoms with Crippen molar-refractivity contribution >= 4 is 17.7 Å². The van der Waals surface area contributed by atoms with Gasteiger partial charge in [-0.05, 0) is 19.1 Å². The minimum Gasteiger partial charge on any atom is -0.354 e. The molecule has 0 spiro atoms. The van der Waals surface area contributed by atoms with Gasteiger partial charge in [0, 0.05) is 11.8 Å². The van der Waals surface area contributed by atoms with E-state index in [2.05, 4.69) is 18.3 Å². The number of nitrogens with zero attached hydrogens (tertiary/aromatic N) is 1. The smallest absolute Gasteiger partial charge is 0.240 e. The Morgan fingerprint density at radius 1 is 1.41 bits per heavy atom. The number of amides is 1. The van der Waals surface area contributed by atoms with Crippen LogP contribution >= 0.6 is 11.8 Å². The van der Waals surface area contributed by atoms with E-state index in [4.69, 9.17) is 0 Å². The molecule has 1 saturated carbocycles. The highest BCUT2D eigenvalue weighted by atomic mass is 32.2. The van der Waals surface area contributed by atoms with Crippen molar-refractivity contribution < 1.29 is 4.79 Å². The highest BCUT2D eigenvalue weighted by Gasteiger charge is 2.38. The minimum atomic E-state index is -0.755. The first-order chi connectivity index (χ1) is 8.14. The van der Waals surface area contributed by atoms with Crippen LogP contribution in [0.15, 0.2) is 0 Å². The Bertz CT molecular complexity index is 290. The molecule has 0 heterocycles. The first-order valence-corrected chi connectivity index (χ1v) is 7.66. The predicted molar refractivity (Wildman–Crippen MR) is 71.7 cm³/mol. The normalized spacial score (nSPS) is 21.0. The molecule has 1 amide bonds. The molecule has 1 aliphatic rings. The summed E-state index contributed by atoms with van der Waals surface area (Å²) in [5.41, 5.74) is -0.755. The lowest BCUT2D eigenvalue weighted by Gasteiger charge is -2.24. The van der Waals surface area contributed by atoms with Gasteiger partial charge in [-0.3, -0.25) is 4.79 Å². The average Bonchev–Trinajstić information content (AvgIpc) is 2.61. The highest BCUT2D eigenvalue weighted by Crippen LogP contribution is 2.34. The quantitative estimate of drug-likeness (QED) is 0.785. The molecule has 1 fully saturated rings. The first-order valence-electron chi connectivity index (χ1n) is 6.37. The molecule has 1 N–H and O–H groups in total. The molecule has 1 unspecified atom stereocenters. The van der Waals surface area contributed by atoms with Gasteiger partial charge in [0.25, 0.3) is 0 Å². The van der Waals surface area contributed by atoms with Crippen molar-refractivity contribution in [2.75, 3.05) is 12.8 Å². The molecule has 0 aromatic carbocycles. The Balaban J connectivity index is 2.59. The SMILES string of the molecule is CSC(C)CNC(=O)C1(C#N)CCCCCC1. The van der Waals surface area contributed by atoms with Crippen molar-refractivity contribution in [1.82, 2.24) is 5.32 Å². The van der Waals surface area contributed by atoms with E-state index in [1.165, 1.54) is 0 Å². The van der Waals surface area contributed by atoms with Crippen molar-refractivity contribution in [3.63, 3.8) is 0 Å². The number of nitrogens with one attached hydrogen (secondary N) is 1. The molecule has 17 heavy (non-hydrogen) atoms. The Morgan fingerprint density at radius 3 is 2.47 bits per heavy atom. The monoisotopic (exact) mass is 254 g/mol. The Hall–Kier alpha value is -0.690. The number of hydrogen-bond acceptors (Lipinski definition) is 3. The van der Waals surface area contributed by atoms with Gasteiger partial charge in [-0.25, -0.2) is 0 Å². The molecule has 0 saturated heterocycles. The van der Waals surface area contributed by atoms with Crippen LogP contribution in [0.3, 0.4) is 0 Å². The van der Waals surface area contributed by atoms with Crippen LogP contribution in [-0.2, 0) is 4.79 Å². The molecule has 0 aromatic heterocycles. The molecule has 0 radical (unpaired) electrons. The molecule has 4 heteroatoms. The van der Waals surface area contributed by atoms with Gasteiger partial charge in [0.1, 0.15) is 5.41 Å². The molecule has 3 nitrogen and oxygen atoms in total. The standard InChI is InChI=1S/C13H22N2OS/c1-11(17-2)9-15-12(16)13(10-14)7-5-3-4-6-8-13/h11H,3-9H2,1-2H3,(H,15,16). The molecule has 0 aliphatic heterocycles. The van der Waals surface area contributed by atoms with Crippen LogP contribution in [0.4, 0.5) is 0 Å². The van der Waals surface area contributed by atoms with Gasteiger partial charge in [0.05, 0.1) is 6.07 Å². The summed E-state index contributed by atoms with van der Waals surface area (Å²) in [7, 11) is 0. The van der Waals surface area contributed by atoms with Gasteiger partial charge in [0.15, 0.2) is 0 Å². The van der Waals surface area contributed by atoms with Crippen LogP contribution in [0.2, 0.25) is 0 Å². The van der Waals surface area contributed by atoms with Crippen molar-refractivity contribution in [1.29, 1.82) is 5.26 Å². The van der Waals surface area contributed by atoms with Crippen LogP contribution < -0.4 is 5.32 Å². The summed E-state index contributed by atoms with van der Waals surface area (Å²) >= 11 is 1.73. The van der Waals surface area contributed by atoms with E-state index in [9.17, 15) is 10.1 Å². The fourth-order valence-corrected chi connectivity index (χ4v) is 2.46. The molecule has 1 atom stereocenters. The van der Waals surface area contributed by atoms with E-state index >= 15 is 0 Å². The lowest BCUT2D eigenvalue weighted by Crippen LogP contribution is -2.42. The van der Waals surface area contributed by atoms with Gasteiger partial charge in [-0.15, -0.1) is 0 Å². The van der Waals surface area contributed by atoms with E-state index < -0.39 is 5.41 Å². The third-order valence-corrected chi connectivity index (χ3v) is 4.53. The van der Waals surface area contributed by atoms with Crippen LogP contribution in [0.1, 0.15) is 45.4 Å². The zero-order chi connectivity index (χ0) is 12.7. The van der Waals surface area contributed by atoms with E-state index in [-0.39, 0.29) is 5.91 Å². The Labute approximate surface area is 108 Å². The van der Waals surface area contributed by atoms with Crippen LogP contribution in [0.25, 0.3) is 0 Å². The maximum absolute atomic E-state index is 12.2. The molecule has 1 rings (SSSR count). The fourth-order valence-electron chi connectivity index (χ4n) is 2.21. The Kier molecular flexibility index (Phi) is 5.84. The lowest BCUT2D eigenvalue weighted by atomic mass is 9.81. The summed E-state index contributed by atoms with van der Waals surface area (Å²) in [5.74, 6) is -0.0530. The number of carbonyl (C=O) groups is 1.